The molecule has 0 spiro atoms. The molecule has 2 amide bonds. The number of amides is 2. The highest BCUT2D eigenvalue weighted by Crippen LogP contribution is 2.33. The predicted octanol–water partition coefficient (Wildman–Crippen LogP) is 5.89. The minimum Gasteiger partial charge on any atom is -0.453 e. The number of allylic oxidation sites excluding steroid dienone is 1. The van der Waals surface area contributed by atoms with Gasteiger partial charge in [0.25, 0.3) is 0 Å². The Balaban J connectivity index is 1.13. The third-order valence-electron chi connectivity index (χ3n) is 10.7. The van der Waals surface area contributed by atoms with E-state index >= 15 is 0 Å². The molecule has 0 saturated carbocycles. The highest BCUT2D eigenvalue weighted by molar-refractivity contribution is 6.04. The van der Waals surface area contributed by atoms with Crippen molar-refractivity contribution < 1.29 is 62.2 Å². The van der Waals surface area contributed by atoms with Crippen molar-refractivity contribution in [2.24, 2.45) is 5.92 Å². The summed E-state index contributed by atoms with van der Waals surface area (Å²) in [4.78, 5) is 68.0. The van der Waals surface area contributed by atoms with Crippen LogP contribution >= 0.6 is 0 Å². The quantitative estimate of drug-likeness (QED) is 0.0564. The number of nitrogens with zero attached hydrogens (tertiary/aromatic N) is 1. The van der Waals surface area contributed by atoms with Gasteiger partial charge in [-0.25, -0.2) is 9.69 Å². The van der Waals surface area contributed by atoms with E-state index in [2.05, 4.69) is 0 Å². The fraction of sp³-hybridized carbons (Fsp3) is 0.367. The minimum absolute atomic E-state index is 0.0409. The van der Waals surface area contributed by atoms with Crippen LogP contribution in [0, 0.1) is 5.92 Å². The van der Waals surface area contributed by atoms with Crippen LogP contribution in [0.15, 0.2) is 133 Å². The van der Waals surface area contributed by atoms with Crippen molar-refractivity contribution in [2.75, 3.05) is 26.9 Å². The van der Waals surface area contributed by atoms with Crippen LogP contribution < -0.4 is 0 Å². The van der Waals surface area contributed by atoms with Gasteiger partial charge in [0.05, 0.1) is 25.7 Å². The number of hydrogen-bond acceptors (Lipinski definition) is 13. The van der Waals surface area contributed by atoms with Gasteiger partial charge in [0.1, 0.15) is 37.1 Å². The zero-order chi connectivity index (χ0) is 44.6. The second kappa shape index (κ2) is 23.5. The molecular weight excluding hydrogens is 811 g/mol. The maximum atomic E-state index is 14.4. The molecule has 0 aromatic heterocycles. The van der Waals surface area contributed by atoms with E-state index in [9.17, 15) is 29.1 Å². The van der Waals surface area contributed by atoms with Crippen molar-refractivity contribution in [3.8, 4) is 0 Å². The van der Waals surface area contributed by atoms with Gasteiger partial charge < -0.3 is 38.3 Å². The molecule has 2 heterocycles. The number of imide groups is 1. The van der Waals surface area contributed by atoms with Gasteiger partial charge in [-0.05, 0) is 47.2 Å². The van der Waals surface area contributed by atoms with Gasteiger partial charge in [0, 0.05) is 27.1 Å². The molecule has 0 aliphatic carbocycles. The van der Waals surface area contributed by atoms with Crippen molar-refractivity contribution in [1.82, 2.24) is 4.90 Å². The third-order valence-corrected chi connectivity index (χ3v) is 10.7. The standard InChI is InChI=1S/C49H53NO13/c1-33(52)62-43(39(28-34-16-7-3-8-17-34)47(55)50-40(32-61-49(50)56)37-22-13-6-14-23-37)41(54)26-25-38(53)24-15-27-58-46-45(60-31-36-20-11-5-12-21-36)44(42(29-51)63-48(46)57-2)59-30-35-18-9-4-10-19-35/h3-14,16-23,25-26,39-40,42-46,48,51H,15,24,27-32H2,1-2H3/t39-,40-,42+,43+,44+,45-,46-,48-/m0/s1. The Bertz CT molecular complexity index is 2120. The number of hydrogen-bond donors (Lipinski definition) is 1. The van der Waals surface area contributed by atoms with Gasteiger partial charge in [-0.15, -0.1) is 0 Å². The summed E-state index contributed by atoms with van der Waals surface area (Å²) in [6.45, 7) is 1.14. The second-order valence-electron chi connectivity index (χ2n) is 15.2. The Labute approximate surface area is 366 Å². The van der Waals surface area contributed by atoms with Gasteiger partial charge in [0.15, 0.2) is 24.0 Å². The van der Waals surface area contributed by atoms with Crippen molar-refractivity contribution >= 4 is 29.5 Å². The number of methoxy groups -OCH3 is 1. The van der Waals surface area contributed by atoms with Gasteiger partial charge in [0.2, 0.25) is 5.91 Å². The maximum Gasteiger partial charge on any atom is 0.417 e. The van der Waals surface area contributed by atoms with Crippen LogP contribution in [0.25, 0.3) is 0 Å². The Morgan fingerprint density at radius 1 is 0.762 bits per heavy atom. The number of ether oxygens (including phenoxy) is 7. The summed E-state index contributed by atoms with van der Waals surface area (Å²) in [5, 5.41) is 10.4. The number of carbonyl (C=O) groups is 5. The van der Waals surface area contributed by atoms with E-state index in [1.165, 1.54) is 7.11 Å². The number of carbonyl (C=O) groups excluding carboxylic acids is 5. The lowest BCUT2D eigenvalue weighted by Gasteiger charge is -2.45. The first-order valence-corrected chi connectivity index (χ1v) is 20.9. The van der Waals surface area contributed by atoms with Crippen LogP contribution in [0.2, 0.25) is 0 Å². The fourth-order valence-corrected chi connectivity index (χ4v) is 7.61. The van der Waals surface area contributed by atoms with Crippen LogP contribution in [-0.2, 0) is 72.0 Å². The molecule has 6 rings (SSSR count). The average molecular weight is 864 g/mol. The van der Waals surface area contributed by atoms with Crippen molar-refractivity contribution in [1.29, 1.82) is 0 Å². The molecule has 14 heteroatoms. The molecule has 1 N–H and O–H groups in total. The lowest BCUT2D eigenvalue weighted by Crippen LogP contribution is -2.61. The fourth-order valence-electron chi connectivity index (χ4n) is 7.61. The predicted molar refractivity (Wildman–Crippen MR) is 227 cm³/mol. The third kappa shape index (κ3) is 12.9. The first kappa shape index (κ1) is 46.6. The van der Waals surface area contributed by atoms with Crippen molar-refractivity contribution in [2.45, 2.75) is 82.3 Å². The van der Waals surface area contributed by atoms with Crippen LogP contribution in [-0.4, -0.2) is 103 Å². The Kier molecular flexibility index (Phi) is 17.4. The SMILES string of the molecule is CO[C@H]1O[C@H](CO)[C@@H](OCc2ccccc2)[C@H](OCc2ccccc2)[C@@H]1OCCCC(=O)C=CC(=O)[C@H](OC(C)=O)[C@H](Cc1ccccc1)C(=O)N1C(=O)OC[C@H]1c1ccccc1. The molecular formula is C49H53NO13. The van der Waals surface area contributed by atoms with Crippen LogP contribution in [0.3, 0.4) is 0 Å². The van der Waals surface area contributed by atoms with E-state index in [4.69, 9.17) is 33.2 Å². The van der Waals surface area contributed by atoms with Crippen LogP contribution in [0.1, 0.15) is 48.1 Å². The summed E-state index contributed by atoms with van der Waals surface area (Å²) >= 11 is 0. The second-order valence-corrected chi connectivity index (χ2v) is 15.2. The first-order chi connectivity index (χ1) is 30.7. The number of ketones is 2. The van der Waals surface area contributed by atoms with E-state index in [1.54, 1.807) is 60.7 Å². The molecule has 2 fully saturated rings. The molecule has 8 atom stereocenters. The zero-order valence-corrected chi connectivity index (χ0v) is 35.3. The summed E-state index contributed by atoms with van der Waals surface area (Å²) in [6.07, 6.45) is -4.45. The molecule has 63 heavy (non-hydrogen) atoms. The lowest BCUT2D eigenvalue weighted by molar-refractivity contribution is -0.319. The molecule has 2 aliphatic rings. The minimum atomic E-state index is -1.67. The Morgan fingerprint density at radius 2 is 1.33 bits per heavy atom. The molecule has 14 nitrogen and oxygen atoms in total. The summed E-state index contributed by atoms with van der Waals surface area (Å²) in [7, 11) is 1.46. The van der Waals surface area contributed by atoms with E-state index in [-0.39, 0.29) is 52.3 Å². The number of rotatable bonds is 22. The molecule has 0 bridgehead atoms. The van der Waals surface area contributed by atoms with Crippen molar-refractivity contribution in [3.63, 3.8) is 0 Å². The summed E-state index contributed by atoms with van der Waals surface area (Å²) in [5.74, 6) is -4.19. The number of benzene rings is 4. The molecule has 0 radical (unpaired) electrons. The molecule has 0 unspecified atom stereocenters. The largest absolute Gasteiger partial charge is 0.453 e. The van der Waals surface area contributed by atoms with Gasteiger partial charge in [-0.3, -0.25) is 19.2 Å². The van der Waals surface area contributed by atoms with Gasteiger partial charge in [-0.1, -0.05) is 121 Å². The molecule has 332 valence electrons. The number of aliphatic hydroxyl groups excluding tert-OH is 1. The first-order valence-electron chi connectivity index (χ1n) is 20.9. The topological polar surface area (TPSA) is 173 Å². The Hall–Kier alpha value is -5.87. The maximum absolute atomic E-state index is 14.4. The summed E-state index contributed by atoms with van der Waals surface area (Å²) < 4.78 is 41.7. The number of esters is 1. The van der Waals surface area contributed by atoms with Crippen LogP contribution in [0.4, 0.5) is 4.79 Å². The highest BCUT2D eigenvalue weighted by Gasteiger charge is 2.49. The van der Waals surface area contributed by atoms with E-state index in [0.29, 0.717) is 11.1 Å². The van der Waals surface area contributed by atoms with Crippen molar-refractivity contribution in [3.05, 3.63) is 156 Å². The molecule has 2 aliphatic heterocycles. The molecule has 4 aromatic rings. The highest BCUT2D eigenvalue weighted by atomic mass is 16.7. The Morgan fingerprint density at radius 3 is 1.90 bits per heavy atom. The van der Waals surface area contributed by atoms with E-state index in [1.807, 2.05) is 60.7 Å². The average Bonchev–Trinajstić information content (AvgIpc) is 3.71. The van der Waals surface area contributed by atoms with Crippen LogP contribution in [0.5, 0.6) is 0 Å². The van der Waals surface area contributed by atoms with Gasteiger partial charge >= 0.3 is 12.1 Å². The normalized spacial score (nSPS) is 22.0. The summed E-state index contributed by atoms with van der Waals surface area (Å²) in [5.41, 5.74) is 3.12. The number of cyclic esters (lactones) is 1. The smallest absolute Gasteiger partial charge is 0.417 e. The lowest BCUT2D eigenvalue weighted by atomic mass is 9.89. The van der Waals surface area contributed by atoms with Gasteiger partial charge in [-0.2, -0.15) is 0 Å². The number of aliphatic hydroxyl groups is 1. The monoisotopic (exact) mass is 863 g/mol. The van der Waals surface area contributed by atoms with E-state index in [0.717, 1.165) is 35.1 Å². The molecule has 4 aromatic carbocycles. The summed E-state index contributed by atoms with van der Waals surface area (Å²) in [6, 6.07) is 36.0. The molecule has 2 saturated heterocycles. The van der Waals surface area contributed by atoms with E-state index < -0.39 is 78.3 Å². The zero-order valence-electron chi connectivity index (χ0n) is 35.3.